The predicted molar refractivity (Wildman–Crippen MR) is 137 cm³/mol. The summed E-state index contributed by atoms with van der Waals surface area (Å²) < 4.78 is 21.0. The van der Waals surface area contributed by atoms with Gasteiger partial charge < -0.3 is 14.6 Å². The summed E-state index contributed by atoms with van der Waals surface area (Å²) in [5.74, 6) is 0.465. The quantitative estimate of drug-likeness (QED) is 0.247. The number of nitrogens with zero attached hydrogens (tertiary/aromatic N) is 2. The van der Waals surface area contributed by atoms with E-state index in [1.54, 1.807) is 18.3 Å². The monoisotopic (exact) mass is 470 g/mol. The van der Waals surface area contributed by atoms with Gasteiger partial charge in [0.2, 0.25) is 0 Å². The third kappa shape index (κ3) is 5.95. The molecule has 0 spiro atoms. The van der Waals surface area contributed by atoms with Crippen molar-refractivity contribution in [1.29, 1.82) is 0 Å². The number of carbonyl (C=O) groups excluding carboxylic acids is 1. The van der Waals surface area contributed by atoms with Crippen LogP contribution >= 0.6 is 0 Å². The lowest BCUT2D eigenvalue weighted by molar-refractivity contribution is 0.252. The van der Waals surface area contributed by atoms with Crippen molar-refractivity contribution in [3.63, 3.8) is 0 Å². The first-order valence-corrected chi connectivity index (χ1v) is 11.2. The van der Waals surface area contributed by atoms with Gasteiger partial charge in [-0.05, 0) is 80.4 Å². The zero-order valence-corrected chi connectivity index (χ0v) is 19.9. The SMILES string of the molecule is Cc1ccccc1NC(=O)NN=Cc1cc(C)n(-c2ccc(OCc3ccc(F)cc3)cc2)c1C. The number of rotatable bonds is 7. The van der Waals surface area contributed by atoms with Crippen LogP contribution in [0.15, 0.2) is 84.0 Å². The molecule has 4 rings (SSSR count). The number of aryl methyl sites for hydroxylation is 2. The van der Waals surface area contributed by atoms with E-state index in [0.29, 0.717) is 6.61 Å². The Bertz CT molecular complexity index is 1340. The Morgan fingerprint density at radius 3 is 2.43 bits per heavy atom. The fourth-order valence-corrected chi connectivity index (χ4v) is 3.78. The summed E-state index contributed by atoms with van der Waals surface area (Å²) in [5, 5.41) is 6.89. The zero-order valence-electron chi connectivity index (χ0n) is 19.9. The highest BCUT2D eigenvalue weighted by Crippen LogP contribution is 2.22. The molecular formula is C28H27FN4O2. The molecule has 35 heavy (non-hydrogen) atoms. The number of benzene rings is 3. The van der Waals surface area contributed by atoms with E-state index in [0.717, 1.165) is 45.2 Å². The lowest BCUT2D eigenvalue weighted by atomic mass is 10.2. The van der Waals surface area contributed by atoms with E-state index in [1.165, 1.54) is 12.1 Å². The predicted octanol–water partition coefficient (Wildman–Crippen LogP) is 6.28. The Morgan fingerprint density at radius 1 is 1.00 bits per heavy atom. The average Bonchev–Trinajstić information content (AvgIpc) is 3.13. The molecule has 6 nitrogen and oxygen atoms in total. The van der Waals surface area contributed by atoms with Crippen molar-refractivity contribution in [2.45, 2.75) is 27.4 Å². The van der Waals surface area contributed by atoms with Gasteiger partial charge in [0.25, 0.3) is 0 Å². The molecule has 178 valence electrons. The summed E-state index contributed by atoms with van der Waals surface area (Å²) in [4.78, 5) is 12.2. The van der Waals surface area contributed by atoms with E-state index in [2.05, 4.69) is 20.4 Å². The van der Waals surface area contributed by atoms with Crippen molar-refractivity contribution in [3.05, 3.63) is 113 Å². The lowest BCUT2D eigenvalue weighted by Crippen LogP contribution is -2.24. The van der Waals surface area contributed by atoms with Crippen LogP contribution in [0.1, 0.15) is 28.1 Å². The molecule has 3 aromatic carbocycles. The number of amides is 2. The van der Waals surface area contributed by atoms with Crippen molar-refractivity contribution >= 4 is 17.9 Å². The normalized spacial score (nSPS) is 11.0. The van der Waals surface area contributed by atoms with Crippen molar-refractivity contribution in [2.75, 3.05) is 5.32 Å². The molecule has 0 saturated carbocycles. The molecule has 0 radical (unpaired) electrons. The summed E-state index contributed by atoms with van der Waals surface area (Å²) in [6, 6.07) is 23.2. The molecule has 0 aliphatic heterocycles. The van der Waals surface area contributed by atoms with Gasteiger partial charge in [-0.1, -0.05) is 30.3 Å². The fourth-order valence-electron chi connectivity index (χ4n) is 3.78. The van der Waals surface area contributed by atoms with Gasteiger partial charge in [0, 0.05) is 28.3 Å². The first kappa shape index (κ1) is 23.8. The molecule has 0 saturated heterocycles. The maximum atomic E-state index is 13.0. The number of urea groups is 1. The molecular weight excluding hydrogens is 443 g/mol. The molecule has 0 unspecified atom stereocenters. The standard InChI is InChI=1S/C28H27FN4O2/c1-19-6-4-5-7-27(19)31-28(34)32-30-17-23-16-20(2)33(21(23)3)25-12-14-26(15-13-25)35-18-22-8-10-24(29)11-9-22/h4-17H,18H2,1-3H3,(H2,31,32,34). The Hall–Kier alpha value is -4.39. The number of hydrazone groups is 1. The number of aromatic nitrogens is 1. The van der Waals surface area contributed by atoms with E-state index in [4.69, 9.17) is 4.74 Å². The van der Waals surface area contributed by atoms with E-state index >= 15 is 0 Å². The van der Waals surface area contributed by atoms with Crippen molar-refractivity contribution in [3.8, 4) is 11.4 Å². The van der Waals surface area contributed by atoms with Gasteiger partial charge in [-0.15, -0.1) is 0 Å². The van der Waals surface area contributed by atoms with E-state index < -0.39 is 6.03 Å². The largest absolute Gasteiger partial charge is 0.489 e. The van der Waals surface area contributed by atoms with E-state index in [-0.39, 0.29) is 5.82 Å². The fraction of sp³-hybridized carbons (Fsp3) is 0.143. The topological polar surface area (TPSA) is 67.7 Å². The number of hydrogen-bond donors (Lipinski definition) is 2. The molecule has 7 heteroatoms. The van der Waals surface area contributed by atoms with Crippen LogP contribution in [0.4, 0.5) is 14.9 Å². The molecule has 0 bridgehead atoms. The highest BCUT2D eigenvalue weighted by molar-refractivity contribution is 5.91. The Labute approximate surface area is 204 Å². The number of anilines is 1. The minimum atomic E-state index is -0.402. The van der Waals surface area contributed by atoms with Crippen LogP contribution in [0.5, 0.6) is 5.75 Å². The second-order valence-electron chi connectivity index (χ2n) is 8.21. The average molecular weight is 471 g/mol. The molecule has 0 aliphatic rings. The van der Waals surface area contributed by atoms with Gasteiger partial charge in [-0.2, -0.15) is 5.10 Å². The molecule has 1 heterocycles. The van der Waals surface area contributed by atoms with Crippen molar-refractivity contribution in [1.82, 2.24) is 9.99 Å². The van der Waals surface area contributed by atoms with Crippen LogP contribution in [-0.4, -0.2) is 16.8 Å². The van der Waals surface area contributed by atoms with Crippen molar-refractivity contribution < 1.29 is 13.9 Å². The molecule has 1 aromatic heterocycles. The number of carbonyl (C=O) groups is 1. The number of halogens is 1. The minimum Gasteiger partial charge on any atom is -0.489 e. The summed E-state index contributed by atoms with van der Waals surface area (Å²) in [5.41, 5.74) is 9.04. The van der Waals surface area contributed by atoms with Crippen LogP contribution in [0.25, 0.3) is 5.69 Å². The first-order valence-electron chi connectivity index (χ1n) is 11.2. The van der Waals surface area contributed by atoms with Gasteiger partial charge in [0.1, 0.15) is 18.2 Å². The van der Waals surface area contributed by atoms with Gasteiger partial charge in [0.05, 0.1) is 6.21 Å². The molecule has 2 amide bonds. The number of para-hydroxylation sites is 1. The lowest BCUT2D eigenvalue weighted by Gasteiger charge is -2.11. The summed E-state index contributed by atoms with van der Waals surface area (Å²) >= 11 is 0. The number of hydrogen-bond acceptors (Lipinski definition) is 3. The summed E-state index contributed by atoms with van der Waals surface area (Å²) in [6.07, 6.45) is 1.64. The minimum absolute atomic E-state index is 0.263. The summed E-state index contributed by atoms with van der Waals surface area (Å²) in [7, 11) is 0. The second-order valence-corrected chi connectivity index (χ2v) is 8.21. The van der Waals surface area contributed by atoms with E-state index in [9.17, 15) is 9.18 Å². The maximum absolute atomic E-state index is 13.0. The maximum Gasteiger partial charge on any atom is 0.339 e. The highest BCUT2D eigenvalue weighted by Gasteiger charge is 2.10. The third-order valence-electron chi connectivity index (χ3n) is 5.65. The zero-order chi connectivity index (χ0) is 24.8. The Kier molecular flexibility index (Phi) is 7.26. The first-order chi connectivity index (χ1) is 16.9. The van der Waals surface area contributed by atoms with Crippen LogP contribution < -0.4 is 15.5 Å². The van der Waals surface area contributed by atoms with Gasteiger partial charge in [0.15, 0.2) is 0 Å². The van der Waals surface area contributed by atoms with Gasteiger partial charge >= 0.3 is 6.03 Å². The number of nitrogens with one attached hydrogen (secondary N) is 2. The smallest absolute Gasteiger partial charge is 0.339 e. The van der Waals surface area contributed by atoms with E-state index in [1.807, 2.05) is 75.4 Å². The molecule has 2 N–H and O–H groups in total. The Balaban J connectivity index is 1.39. The molecule has 0 fully saturated rings. The van der Waals surface area contributed by atoms with Crippen LogP contribution in [-0.2, 0) is 6.61 Å². The third-order valence-corrected chi connectivity index (χ3v) is 5.65. The highest BCUT2D eigenvalue weighted by atomic mass is 19.1. The summed E-state index contributed by atoms with van der Waals surface area (Å²) in [6.45, 7) is 6.31. The van der Waals surface area contributed by atoms with Crippen LogP contribution in [0.3, 0.4) is 0 Å². The van der Waals surface area contributed by atoms with Crippen molar-refractivity contribution in [2.24, 2.45) is 5.10 Å². The van der Waals surface area contributed by atoms with Crippen LogP contribution in [0.2, 0.25) is 0 Å². The number of ether oxygens (including phenoxy) is 1. The molecule has 4 aromatic rings. The van der Waals surface area contributed by atoms with Gasteiger partial charge in [-0.25, -0.2) is 14.6 Å². The Morgan fingerprint density at radius 2 is 1.71 bits per heavy atom. The van der Waals surface area contributed by atoms with Gasteiger partial charge in [-0.3, -0.25) is 0 Å². The molecule has 0 atom stereocenters. The molecule has 0 aliphatic carbocycles. The second kappa shape index (κ2) is 10.7. The van der Waals surface area contributed by atoms with Crippen LogP contribution in [0, 0.1) is 26.6 Å².